The molecular weight excluding hydrogens is 238 g/mol. The minimum atomic E-state index is -2.51. The van der Waals surface area contributed by atoms with Gasteiger partial charge in [0.25, 0.3) is 6.43 Å². The number of carbonyl (C=O) groups is 1. The SMILES string of the molecule is Cl.Nc1ccc(CC(=O)NCC(F)F)cc1. The average Bonchev–Trinajstić information content (AvgIpc) is 2.19. The van der Waals surface area contributed by atoms with Gasteiger partial charge in [-0.05, 0) is 17.7 Å². The third kappa shape index (κ3) is 5.50. The van der Waals surface area contributed by atoms with Gasteiger partial charge in [-0.1, -0.05) is 12.1 Å². The van der Waals surface area contributed by atoms with Gasteiger partial charge in [-0.25, -0.2) is 8.78 Å². The molecule has 0 radical (unpaired) electrons. The highest BCUT2D eigenvalue weighted by atomic mass is 35.5. The Labute approximate surface area is 98.4 Å². The molecule has 0 aromatic heterocycles. The zero-order valence-electron chi connectivity index (χ0n) is 8.45. The van der Waals surface area contributed by atoms with E-state index in [1.54, 1.807) is 24.3 Å². The minimum absolute atomic E-state index is 0. The number of anilines is 1. The Morgan fingerprint density at radius 3 is 2.38 bits per heavy atom. The van der Waals surface area contributed by atoms with Crippen LogP contribution in [0.5, 0.6) is 0 Å². The van der Waals surface area contributed by atoms with Gasteiger partial charge in [0.2, 0.25) is 5.91 Å². The number of amides is 1. The van der Waals surface area contributed by atoms with E-state index in [1.807, 2.05) is 0 Å². The molecule has 0 unspecified atom stereocenters. The second-order valence-electron chi connectivity index (χ2n) is 3.11. The molecule has 90 valence electrons. The molecular formula is C10H13ClF2N2O. The maximum atomic E-state index is 11.8. The Morgan fingerprint density at radius 2 is 1.88 bits per heavy atom. The number of alkyl halides is 2. The fraction of sp³-hybridized carbons (Fsp3) is 0.300. The van der Waals surface area contributed by atoms with Crippen molar-refractivity contribution in [1.82, 2.24) is 5.32 Å². The number of nitrogens with two attached hydrogens (primary N) is 1. The number of rotatable bonds is 4. The average molecular weight is 251 g/mol. The Hall–Kier alpha value is -1.36. The molecule has 0 aliphatic heterocycles. The highest BCUT2D eigenvalue weighted by molar-refractivity contribution is 5.85. The largest absolute Gasteiger partial charge is 0.399 e. The number of hydrogen-bond donors (Lipinski definition) is 2. The summed E-state index contributed by atoms with van der Waals surface area (Å²) >= 11 is 0. The van der Waals surface area contributed by atoms with Crippen molar-refractivity contribution in [1.29, 1.82) is 0 Å². The van der Waals surface area contributed by atoms with Crippen LogP contribution in [-0.4, -0.2) is 18.9 Å². The van der Waals surface area contributed by atoms with Crippen LogP contribution in [0.4, 0.5) is 14.5 Å². The van der Waals surface area contributed by atoms with Gasteiger partial charge in [-0.2, -0.15) is 0 Å². The van der Waals surface area contributed by atoms with Crippen LogP contribution in [0.25, 0.3) is 0 Å². The number of halogens is 3. The summed E-state index contributed by atoms with van der Waals surface area (Å²) in [6.07, 6.45) is -2.42. The van der Waals surface area contributed by atoms with E-state index in [0.29, 0.717) is 5.69 Å². The van der Waals surface area contributed by atoms with Crippen LogP contribution in [-0.2, 0) is 11.2 Å². The topological polar surface area (TPSA) is 55.1 Å². The summed E-state index contributed by atoms with van der Waals surface area (Å²) in [5.74, 6) is -0.417. The molecule has 0 aliphatic rings. The highest BCUT2D eigenvalue weighted by Crippen LogP contribution is 2.05. The van der Waals surface area contributed by atoms with Crippen LogP contribution in [0.2, 0.25) is 0 Å². The number of nitrogens with one attached hydrogen (secondary N) is 1. The summed E-state index contributed by atoms with van der Waals surface area (Å²) in [5.41, 5.74) is 6.81. The Balaban J connectivity index is 0.00000225. The molecule has 3 N–H and O–H groups in total. The molecule has 0 saturated carbocycles. The van der Waals surface area contributed by atoms with Gasteiger partial charge in [0.15, 0.2) is 0 Å². The molecule has 0 aliphatic carbocycles. The normalized spacial score (nSPS) is 9.69. The number of hydrogen-bond acceptors (Lipinski definition) is 2. The summed E-state index contributed by atoms with van der Waals surface area (Å²) < 4.78 is 23.5. The first-order valence-electron chi connectivity index (χ1n) is 4.47. The third-order valence-corrected chi connectivity index (χ3v) is 1.80. The van der Waals surface area contributed by atoms with E-state index in [1.165, 1.54) is 0 Å². The maximum absolute atomic E-state index is 11.8. The van der Waals surface area contributed by atoms with E-state index in [9.17, 15) is 13.6 Å². The minimum Gasteiger partial charge on any atom is -0.399 e. The summed E-state index contributed by atoms with van der Waals surface area (Å²) in [4.78, 5) is 11.1. The lowest BCUT2D eigenvalue weighted by molar-refractivity contribution is -0.121. The number of benzene rings is 1. The van der Waals surface area contributed by atoms with Gasteiger partial charge >= 0.3 is 0 Å². The molecule has 0 atom stereocenters. The van der Waals surface area contributed by atoms with Crippen LogP contribution in [0, 0.1) is 0 Å². The molecule has 1 amide bonds. The smallest absolute Gasteiger partial charge is 0.255 e. The van der Waals surface area contributed by atoms with Gasteiger partial charge < -0.3 is 11.1 Å². The summed E-state index contributed by atoms with van der Waals surface area (Å²) in [5, 5.41) is 2.13. The molecule has 1 aromatic rings. The predicted octanol–water partition coefficient (Wildman–Crippen LogP) is 1.61. The molecule has 0 spiro atoms. The second kappa shape index (κ2) is 7.00. The maximum Gasteiger partial charge on any atom is 0.255 e. The van der Waals surface area contributed by atoms with Crippen molar-refractivity contribution in [2.75, 3.05) is 12.3 Å². The predicted molar refractivity (Wildman–Crippen MR) is 60.8 cm³/mol. The van der Waals surface area contributed by atoms with Crippen molar-refractivity contribution in [2.24, 2.45) is 0 Å². The van der Waals surface area contributed by atoms with Crippen molar-refractivity contribution in [2.45, 2.75) is 12.8 Å². The monoisotopic (exact) mass is 250 g/mol. The van der Waals surface area contributed by atoms with E-state index < -0.39 is 18.9 Å². The van der Waals surface area contributed by atoms with Gasteiger partial charge in [-0.15, -0.1) is 12.4 Å². The van der Waals surface area contributed by atoms with Crippen molar-refractivity contribution in [3.8, 4) is 0 Å². The summed E-state index contributed by atoms with van der Waals surface area (Å²) in [6.45, 7) is -0.603. The molecule has 0 saturated heterocycles. The van der Waals surface area contributed by atoms with Gasteiger partial charge in [0.1, 0.15) is 0 Å². The highest BCUT2D eigenvalue weighted by Gasteiger charge is 2.06. The number of nitrogen functional groups attached to an aromatic ring is 1. The fourth-order valence-corrected chi connectivity index (χ4v) is 1.07. The van der Waals surface area contributed by atoms with Gasteiger partial charge in [-0.3, -0.25) is 4.79 Å². The number of carbonyl (C=O) groups excluding carboxylic acids is 1. The molecule has 16 heavy (non-hydrogen) atoms. The molecule has 0 fully saturated rings. The van der Waals surface area contributed by atoms with Gasteiger partial charge in [0.05, 0.1) is 13.0 Å². The van der Waals surface area contributed by atoms with Crippen molar-refractivity contribution in [3.63, 3.8) is 0 Å². The van der Waals surface area contributed by atoms with E-state index in [-0.39, 0.29) is 18.8 Å². The van der Waals surface area contributed by atoms with Crippen LogP contribution < -0.4 is 11.1 Å². The first-order chi connectivity index (χ1) is 7.08. The molecule has 3 nitrogen and oxygen atoms in total. The summed E-state index contributed by atoms with van der Waals surface area (Å²) in [7, 11) is 0. The Morgan fingerprint density at radius 1 is 1.31 bits per heavy atom. The van der Waals surface area contributed by atoms with Crippen molar-refractivity contribution < 1.29 is 13.6 Å². The first-order valence-corrected chi connectivity index (χ1v) is 4.47. The molecule has 1 aromatic carbocycles. The van der Waals surface area contributed by atoms with Crippen molar-refractivity contribution in [3.05, 3.63) is 29.8 Å². The first kappa shape index (κ1) is 14.6. The van der Waals surface area contributed by atoms with E-state index >= 15 is 0 Å². The van der Waals surface area contributed by atoms with Crippen molar-refractivity contribution >= 4 is 24.0 Å². The molecule has 0 bridgehead atoms. The van der Waals surface area contributed by atoms with Crippen LogP contribution in [0.15, 0.2) is 24.3 Å². The zero-order chi connectivity index (χ0) is 11.3. The lowest BCUT2D eigenvalue weighted by Gasteiger charge is -2.04. The zero-order valence-corrected chi connectivity index (χ0v) is 9.27. The van der Waals surface area contributed by atoms with E-state index in [2.05, 4.69) is 5.32 Å². The van der Waals surface area contributed by atoms with Crippen LogP contribution >= 0.6 is 12.4 Å². The van der Waals surface area contributed by atoms with Crippen LogP contribution in [0.1, 0.15) is 5.56 Å². The lowest BCUT2D eigenvalue weighted by Crippen LogP contribution is -2.29. The Bertz CT molecular complexity index is 330. The van der Waals surface area contributed by atoms with Gasteiger partial charge in [0, 0.05) is 5.69 Å². The summed E-state index contributed by atoms with van der Waals surface area (Å²) in [6, 6.07) is 6.71. The van der Waals surface area contributed by atoms with Crippen LogP contribution in [0.3, 0.4) is 0 Å². The molecule has 6 heteroatoms. The third-order valence-electron chi connectivity index (χ3n) is 1.80. The standard InChI is InChI=1S/C10H12F2N2O.ClH/c11-9(12)6-14-10(15)5-7-1-3-8(13)4-2-7;/h1-4,9H,5-6,13H2,(H,14,15);1H. The second-order valence-corrected chi connectivity index (χ2v) is 3.11. The fourth-order valence-electron chi connectivity index (χ4n) is 1.07. The van der Waals surface area contributed by atoms with E-state index in [4.69, 9.17) is 5.73 Å². The van der Waals surface area contributed by atoms with E-state index in [0.717, 1.165) is 5.56 Å². The molecule has 1 rings (SSSR count). The molecule has 0 heterocycles. The Kier molecular flexibility index (Phi) is 6.41. The quantitative estimate of drug-likeness (QED) is 0.798. The lowest BCUT2D eigenvalue weighted by atomic mass is 10.1.